The lowest BCUT2D eigenvalue weighted by Gasteiger charge is -2.21. The lowest BCUT2D eigenvalue weighted by molar-refractivity contribution is -0.134. The standard InChI is InChI=1S/C11H15BrO.C2H4O2/c1-11(2,3)9-6-4-5-8(7-12)10(9)13;1-2(3)4/h4-6,13H,7H2,1-3H3;1H3,(H,3,4). The van der Waals surface area contributed by atoms with Gasteiger partial charge < -0.3 is 10.2 Å². The zero-order chi connectivity index (χ0) is 13.6. The summed E-state index contributed by atoms with van der Waals surface area (Å²) >= 11 is 3.35. The number of phenols is 1. The van der Waals surface area contributed by atoms with Crippen molar-refractivity contribution in [3.05, 3.63) is 29.3 Å². The third-order valence-corrected chi connectivity index (χ3v) is 2.68. The average molecular weight is 303 g/mol. The van der Waals surface area contributed by atoms with Crippen LogP contribution in [0.5, 0.6) is 5.75 Å². The number of carboxylic acid groups (broad SMARTS) is 1. The SMILES string of the molecule is CC(=O)O.CC(C)(C)c1cccc(CBr)c1O. The summed E-state index contributed by atoms with van der Waals surface area (Å²) in [6.45, 7) is 7.38. The third kappa shape index (κ3) is 5.73. The Morgan fingerprint density at radius 1 is 1.35 bits per heavy atom. The number of halogens is 1. The molecule has 0 aliphatic heterocycles. The number of hydrogen-bond acceptors (Lipinski definition) is 2. The van der Waals surface area contributed by atoms with Gasteiger partial charge in [0.1, 0.15) is 5.75 Å². The molecule has 0 unspecified atom stereocenters. The predicted octanol–water partition coefficient (Wildman–Crippen LogP) is 3.68. The van der Waals surface area contributed by atoms with Crippen LogP contribution in [-0.4, -0.2) is 16.2 Å². The molecule has 0 aromatic heterocycles. The molecular weight excluding hydrogens is 284 g/mol. The molecule has 1 aromatic carbocycles. The lowest BCUT2D eigenvalue weighted by Crippen LogP contribution is -2.11. The first-order chi connectivity index (χ1) is 7.70. The van der Waals surface area contributed by atoms with E-state index in [-0.39, 0.29) is 5.41 Å². The fourth-order valence-corrected chi connectivity index (χ4v) is 1.76. The Balaban J connectivity index is 0.000000557. The number of carboxylic acids is 1. The maximum absolute atomic E-state index is 9.89. The second-order valence-electron chi connectivity index (χ2n) is 4.72. The van der Waals surface area contributed by atoms with Crippen molar-refractivity contribution >= 4 is 21.9 Å². The van der Waals surface area contributed by atoms with E-state index in [2.05, 4.69) is 36.7 Å². The minimum absolute atomic E-state index is 0.00225. The summed E-state index contributed by atoms with van der Waals surface area (Å²) in [5, 5.41) is 18.0. The first kappa shape index (κ1) is 16.0. The van der Waals surface area contributed by atoms with Crippen molar-refractivity contribution in [2.75, 3.05) is 0 Å². The van der Waals surface area contributed by atoms with Crippen LogP contribution in [0.25, 0.3) is 0 Å². The van der Waals surface area contributed by atoms with Gasteiger partial charge in [-0.2, -0.15) is 0 Å². The molecule has 0 spiro atoms. The van der Waals surface area contributed by atoms with E-state index in [1.807, 2.05) is 18.2 Å². The summed E-state index contributed by atoms with van der Waals surface area (Å²) in [5.41, 5.74) is 1.96. The zero-order valence-corrected chi connectivity index (χ0v) is 12.2. The Kier molecular flexibility index (Phi) is 6.24. The highest BCUT2D eigenvalue weighted by Gasteiger charge is 2.18. The van der Waals surface area contributed by atoms with Crippen molar-refractivity contribution in [2.45, 2.75) is 38.4 Å². The smallest absolute Gasteiger partial charge is 0.300 e. The number of rotatable bonds is 1. The summed E-state index contributed by atoms with van der Waals surface area (Å²) in [4.78, 5) is 9.00. The Labute approximate surface area is 111 Å². The minimum atomic E-state index is -0.833. The number of hydrogen-bond donors (Lipinski definition) is 2. The second kappa shape index (κ2) is 6.64. The van der Waals surface area contributed by atoms with Gasteiger partial charge in [0.25, 0.3) is 5.97 Å². The van der Waals surface area contributed by atoms with E-state index >= 15 is 0 Å². The first-order valence-corrected chi connectivity index (χ1v) is 6.39. The van der Waals surface area contributed by atoms with Crippen LogP contribution < -0.4 is 0 Å². The number of para-hydroxylation sites is 1. The van der Waals surface area contributed by atoms with Crippen LogP contribution in [0, 0.1) is 0 Å². The van der Waals surface area contributed by atoms with Crippen molar-refractivity contribution in [3.63, 3.8) is 0 Å². The molecule has 1 aromatic rings. The van der Waals surface area contributed by atoms with Gasteiger partial charge in [-0.15, -0.1) is 0 Å². The Morgan fingerprint density at radius 2 is 1.82 bits per heavy atom. The molecule has 0 bridgehead atoms. The van der Waals surface area contributed by atoms with Gasteiger partial charge in [0, 0.05) is 17.8 Å². The number of aromatic hydroxyl groups is 1. The normalized spacial score (nSPS) is 10.4. The van der Waals surface area contributed by atoms with E-state index in [0.717, 1.165) is 18.1 Å². The summed E-state index contributed by atoms with van der Waals surface area (Å²) < 4.78 is 0. The molecule has 0 fully saturated rings. The number of phenolic OH excluding ortho intramolecular Hbond substituents is 1. The van der Waals surface area contributed by atoms with E-state index in [1.165, 1.54) is 0 Å². The number of alkyl halides is 1. The molecule has 3 nitrogen and oxygen atoms in total. The molecule has 0 atom stereocenters. The van der Waals surface area contributed by atoms with Gasteiger partial charge in [-0.3, -0.25) is 4.79 Å². The van der Waals surface area contributed by atoms with Gasteiger partial charge in [-0.25, -0.2) is 0 Å². The lowest BCUT2D eigenvalue weighted by atomic mass is 9.85. The summed E-state index contributed by atoms with van der Waals surface area (Å²) in [5.74, 6) is -0.410. The van der Waals surface area contributed by atoms with E-state index in [9.17, 15) is 5.11 Å². The van der Waals surface area contributed by atoms with Crippen molar-refractivity contribution in [3.8, 4) is 5.75 Å². The maximum atomic E-state index is 9.89. The van der Waals surface area contributed by atoms with Crippen LogP contribution in [0.4, 0.5) is 0 Å². The van der Waals surface area contributed by atoms with Crippen LogP contribution in [0.1, 0.15) is 38.8 Å². The van der Waals surface area contributed by atoms with Gasteiger partial charge in [0.05, 0.1) is 0 Å². The highest BCUT2D eigenvalue weighted by atomic mass is 79.9. The van der Waals surface area contributed by atoms with Gasteiger partial charge in [0.15, 0.2) is 0 Å². The third-order valence-electron chi connectivity index (χ3n) is 2.07. The molecule has 0 aliphatic carbocycles. The molecule has 1 rings (SSSR count). The molecule has 0 saturated heterocycles. The van der Waals surface area contributed by atoms with Crippen LogP contribution in [0.3, 0.4) is 0 Å². The molecule has 0 saturated carbocycles. The highest BCUT2D eigenvalue weighted by molar-refractivity contribution is 9.08. The van der Waals surface area contributed by atoms with Crippen molar-refractivity contribution in [1.29, 1.82) is 0 Å². The van der Waals surface area contributed by atoms with E-state index in [4.69, 9.17) is 9.90 Å². The molecule has 0 heterocycles. The largest absolute Gasteiger partial charge is 0.507 e. The highest BCUT2D eigenvalue weighted by Crippen LogP contribution is 2.33. The van der Waals surface area contributed by atoms with Gasteiger partial charge >= 0.3 is 0 Å². The van der Waals surface area contributed by atoms with E-state index in [1.54, 1.807) is 0 Å². The quantitative estimate of drug-likeness (QED) is 0.778. The molecule has 2 N–H and O–H groups in total. The predicted molar refractivity (Wildman–Crippen MR) is 72.7 cm³/mol. The topological polar surface area (TPSA) is 57.5 Å². The summed E-state index contributed by atoms with van der Waals surface area (Å²) in [6.07, 6.45) is 0. The molecule has 17 heavy (non-hydrogen) atoms. The van der Waals surface area contributed by atoms with Crippen LogP contribution >= 0.6 is 15.9 Å². The summed E-state index contributed by atoms with van der Waals surface area (Å²) in [6, 6.07) is 5.89. The maximum Gasteiger partial charge on any atom is 0.300 e. The van der Waals surface area contributed by atoms with Crippen molar-refractivity contribution < 1.29 is 15.0 Å². The Morgan fingerprint density at radius 3 is 2.18 bits per heavy atom. The summed E-state index contributed by atoms with van der Waals surface area (Å²) in [7, 11) is 0. The zero-order valence-electron chi connectivity index (χ0n) is 10.6. The Hall–Kier alpha value is -1.03. The van der Waals surface area contributed by atoms with Crippen LogP contribution in [0.15, 0.2) is 18.2 Å². The minimum Gasteiger partial charge on any atom is -0.507 e. The van der Waals surface area contributed by atoms with Gasteiger partial charge in [-0.05, 0) is 11.0 Å². The molecule has 96 valence electrons. The van der Waals surface area contributed by atoms with Crippen LogP contribution in [-0.2, 0) is 15.5 Å². The molecule has 4 heteroatoms. The second-order valence-corrected chi connectivity index (χ2v) is 5.28. The fourth-order valence-electron chi connectivity index (χ4n) is 1.30. The van der Waals surface area contributed by atoms with Crippen molar-refractivity contribution in [2.24, 2.45) is 0 Å². The number of benzene rings is 1. The van der Waals surface area contributed by atoms with Gasteiger partial charge in [-0.1, -0.05) is 54.9 Å². The van der Waals surface area contributed by atoms with Gasteiger partial charge in [0.2, 0.25) is 0 Å². The number of aliphatic carboxylic acids is 1. The van der Waals surface area contributed by atoms with E-state index < -0.39 is 5.97 Å². The van der Waals surface area contributed by atoms with Crippen molar-refractivity contribution in [1.82, 2.24) is 0 Å². The molecular formula is C13H19BrO3. The fraction of sp³-hybridized carbons (Fsp3) is 0.462. The molecule has 0 amide bonds. The average Bonchev–Trinajstić information content (AvgIpc) is 2.15. The number of carbonyl (C=O) groups is 1. The van der Waals surface area contributed by atoms with Crippen LogP contribution in [0.2, 0.25) is 0 Å². The first-order valence-electron chi connectivity index (χ1n) is 5.27. The molecule has 0 aliphatic rings. The monoisotopic (exact) mass is 302 g/mol. The Bertz CT molecular complexity index is 377. The van der Waals surface area contributed by atoms with E-state index in [0.29, 0.717) is 11.1 Å². The molecule has 0 radical (unpaired) electrons.